The van der Waals surface area contributed by atoms with Crippen LogP contribution in [-0.2, 0) is 13.1 Å². The Morgan fingerprint density at radius 3 is 2.61 bits per heavy atom. The molecule has 0 unspecified atom stereocenters. The van der Waals surface area contributed by atoms with Crippen molar-refractivity contribution in [1.82, 2.24) is 24.3 Å². The van der Waals surface area contributed by atoms with E-state index in [1.54, 1.807) is 26.8 Å². The van der Waals surface area contributed by atoms with Crippen molar-refractivity contribution < 1.29 is 14.0 Å². The van der Waals surface area contributed by atoms with Gasteiger partial charge in [-0.25, -0.2) is 14.4 Å². The second-order valence-electron chi connectivity index (χ2n) is 8.96. The van der Waals surface area contributed by atoms with Crippen LogP contribution in [0.15, 0.2) is 53.8 Å². The van der Waals surface area contributed by atoms with E-state index in [9.17, 15) is 14.4 Å². The van der Waals surface area contributed by atoms with E-state index in [0.717, 1.165) is 21.7 Å². The maximum absolute atomic E-state index is 15.1. The van der Waals surface area contributed by atoms with Crippen molar-refractivity contribution in [3.63, 3.8) is 0 Å². The Bertz CT molecular complexity index is 1490. The number of ketones is 1. The highest BCUT2D eigenvalue weighted by Crippen LogP contribution is 2.28. The summed E-state index contributed by atoms with van der Waals surface area (Å²) in [5, 5.41) is 7.46. The van der Waals surface area contributed by atoms with E-state index in [2.05, 4.69) is 20.4 Å². The van der Waals surface area contributed by atoms with Crippen molar-refractivity contribution in [1.29, 1.82) is 0 Å². The lowest BCUT2D eigenvalue weighted by atomic mass is 9.96. The normalized spacial score (nSPS) is 11.5. The van der Waals surface area contributed by atoms with E-state index in [1.165, 1.54) is 40.7 Å². The van der Waals surface area contributed by atoms with Gasteiger partial charge in [0.25, 0.3) is 11.5 Å². The maximum Gasteiger partial charge on any atom is 0.254 e. The summed E-state index contributed by atoms with van der Waals surface area (Å²) < 4.78 is 17.9. The molecule has 186 valence electrons. The number of nitrogens with zero attached hydrogens (tertiary/aromatic N) is 5. The fourth-order valence-corrected chi connectivity index (χ4v) is 4.32. The maximum atomic E-state index is 15.1. The van der Waals surface area contributed by atoms with E-state index in [4.69, 9.17) is 11.6 Å². The third-order valence-corrected chi connectivity index (χ3v) is 6.38. The molecule has 0 spiro atoms. The fourth-order valence-electron chi connectivity index (χ4n) is 3.29. The summed E-state index contributed by atoms with van der Waals surface area (Å²) in [6, 6.07) is 7.60. The van der Waals surface area contributed by atoms with Crippen molar-refractivity contribution in [2.75, 3.05) is 5.32 Å². The van der Waals surface area contributed by atoms with Gasteiger partial charge in [0.15, 0.2) is 0 Å². The Labute approximate surface area is 214 Å². The molecule has 0 fully saturated rings. The Hall–Kier alpha value is -3.70. The first kappa shape index (κ1) is 25.4. The van der Waals surface area contributed by atoms with E-state index in [-0.39, 0.29) is 29.4 Å². The van der Waals surface area contributed by atoms with Crippen molar-refractivity contribution in [3.8, 4) is 11.3 Å². The van der Waals surface area contributed by atoms with Gasteiger partial charge < -0.3 is 9.88 Å². The Morgan fingerprint density at radius 1 is 1.19 bits per heavy atom. The van der Waals surface area contributed by atoms with Gasteiger partial charge in [-0.15, -0.1) is 11.3 Å². The average molecular weight is 529 g/mol. The summed E-state index contributed by atoms with van der Waals surface area (Å²) in [4.78, 5) is 46.7. The predicted octanol–water partition coefficient (Wildman–Crippen LogP) is 4.54. The van der Waals surface area contributed by atoms with Crippen LogP contribution in [0.1, 0.15) is 40.9 Å². The molecule has 0 saturated heterocycles. The van der Waals surface area contributed by atoms with Gasteiger partial charge in [-0.1, -0.05) is 32.4 Å². The number of nitrogens with one attached hydrogen (secondary N) is 1. The average Bonchev–Trinajstić information content (AvgIpc) is 3.45. The molecule has 0 radical (unpaired) electrons. The smallest absolute Gasteiger partial charge is 0.254 e. The minimum Gasteiger partial charge on any atom is -0.365 e. The van der Waals surface area contributed by atoms with Gasteiger partial charge in [0.05, 0.1) is 23.1 Å². The van der Waals surface area contributed by atoms with E-state index in [1.807, 2.05) is 6.07 Å². The minimum atomic E-state index is -0.769. The third kappa shape index (κ3) is 5.58. The molecule has 4 rings (SSSR count). The number of hydrogen-bond donors (Lipinski definition) is 1. The van der Waals surface area contributed by atoms with Gasteiger partial charge >= 0.3 is 0 Å². The standard InChI is InChI=1S/C24H22ClFN6O3S/c1-24(2,3)23(35)32-21(28-10-14-4-5-20(25)36-14)9-18(30-32)15-8-22(34)31(11-16(15)26)12-19(33)17-6-7-27-13-29-17/h4-9,11,13,28H,10,12H2,1-3H3. The van der Waals surface area contributed by atoms with Crippen molar-refractivity contribution in [3.05, 3.63) is 80.1 Å². The number of thiophene rings is 1. The van der Waals surface area contributed by atoms with Gasteiger partial charge in [-0.2, -0.15) is 9.78 Å². The highest BCUT2D eigenvalue weighted by atomic mass is 35.5. The molecular formula is C24H22ClFN6O3S. The molecule has 0 bridgehead atoms. The van der Waals surface area contributed by atoms with Gasteiger partial charge in [0.2, 0.25) is 5.78 Å². The van der Waals surface area contributed by atoms with Crippen LogP contribution < -0.4 is 10.9 Å². The zero-order valence-corrected chi connectivity index (χ0v) is 21.2. The van der Waals surface area contributed by atoms with Crippen LogP contribution in [-0.4, -0.2) is 36.0 Å². The molecular weight excluding hydrogens is 507 g/mol. The van der Waals surface area contributed by atoms with Gasteiger partial charge in [-0.05, 0) is 18.2 Å². The molecule has 4 aromatic heterocycles. The molecule has 0 aromatic carbocycles. The number of Topliss-reactive ketones (excluding diaryl/α,β-unsaturated/α-hetero) is 1. The number of pyridine rings is 1. The van der Waals surface area contributed by atoms with E-state index >= 15 is 4.39 Å². The van der Waals surface area contributed by atoms with Gasteiger partial charge in [-0.3, -0.25) is 14.4 Å². The number of hydrogen-bond acceptors (Lipinski definition) is 8. The van der Waals surface area contributed by atoms with Gasteiger partial charge in [0.1, 0.15) is 23.7 Å². The third-order valence-electron chi connectivity index (χ3n) is 5.15. The largest absolute Gasteiger partial charge is 0.365 e. The molecule has 0 aliphatic heterocycles. The molecule has 9 nitrogen and oxygen atoms in total. The van der Waals surface area contributed by atoms with Crippen LogP contribution in [0.4, 0.5) is 10.2 Å². The number of anilines is 1. The zero-order chi connectivity index (χ0) is 26.0. The fraction of sp³-hybridized carbons (Fsp3) is 0.250. The summed E-state index contributed by atoms with van der Waals surface area (Å²) >= 11 is 7.39. The van der Waals surface area contributed by atoms with E-state index < -0.39 is 22.6 Å². The number of carbonyl (C=O) groups excluding carboxylic acids is 2. The first-order chi connectivity index (χ1) is 17.0. The molecule has 4 aromatic rings. The van der Waals surface area contributed by atoms with Crippen LogP contribution in [0.3, 0.4) is 0 Å². The topological polar surface area (TPSA) is 112 Å². The first-order valence-electron chi connectivity index (χ1n) is 10.9. The Kier molecular flexibility index (Phi) is 7.14. The summed E-state index contributed by atoms with van der Waals surface area (Å²) in [6.07, 6.45) is 3.57. The summed E-state index contributed by atoms with van der Waals surface area (Å²) in [7, 11) is 0. The van der Waals surface area contributed by atoms with Crippen LogP contribution in [0, 0.1) is 11.2 Å². The predicted molar refractivity (Wildman–Crippen MR) is 135 cm³/mol. The molecule has 0 amide bonds. The quantitative estimate of drug-likeness (QED) is 0.350. The monoisotopic (exact) mass is 528 g/mol. The zero-order valence-electron chi connectivity index (χ0n) is 19.7. The minimum absolute atomic E-state index is 0.0894. The molecule has 12 heteroatoms. The number of carbonyl (C=O) groups is 2. The number of halogens is 2. The second kappa shape index (κ2) is 10.1. The lowest BCUT2D eigenvalue weighted by Crippen LogP contribution is -2.29. The molecule has 4 heterocycles. The Morgan fingerprint density at radius 2 is 1.97 bits per heavy atom. The van der Waals surface area contributed by atoms with Crippen LogP contribution in [0.5, 0.6) is 0 Å². The second-order valence-corrected chi connectivity index (χ2v) is 10.8. The van der Waals surface area contributed by atoms with E-state index in [0.29, 0.717) is 16.7 Å². The number of rotatable bonds is 7. The molecule has 0 aliphatic carbocycles. The van der Waals surface area contributed by atoms with Crippen molar-refractivity contribution in [2.45, 2.75) is 33.9 Å². The molecule has 1 N–H and O–H groups in total. The highest BCUT2D eigenvalue weighted by Gasteiger charge is 2.27. The lowest BCUT2D eigenvalue weighted by molar-refractivity contribution is 0.0752. The van der Waals surface area contributed by atoms with Crippen molar-refractivity contribution >= 4 is 40.4 Å². The van der Waals surface area contributed by atoms with Crippen LogP contribution in [0.2, 0.25) is 4.34 Å². The summed E-state index contributed by atoms with van der Waals surface area (Å²) in [5.74, 6) is -1.21. The highest BCUT2D eigenvalue weighted by molar-refractivity contribution is 7.16. The van der Waals surface area contributed by atoms with Crippen molar-refractivity contribution in [2.24, 2.45) is 5.41 Å². The lowest BCUT2D eigenvalue weighted by Gasteiger charge is -2.18. The van der Waals surface area contributed by atoms with Crippen LogP contribution in [0.25, 0.3) is 11.3 Å². The Balaban J connectivity index is 1.66. The molecule has 36 heavy (non-hydrogen) atoms. The summed E-state index contributed by atoms with van der Waals surface area (Å²) in [6.45, 7) is 5.22. The molecule has 0 saturated carbocycles. The van der Waals surface area contributed by atoms with Gasteiger partial charge in [0, 0.05) is 40.4 Å². The molecule has 0 aliphatic rings. The SMILES string of the molecule is CC(C)(C)C(=O)n1nc(-c2cc(=O)n(CC(=O)c3ccncn3)cc2F)cc1NCc1ccc(Cl)s1. The summed E-state index contributed by atoms with van der Waals surface area (Å²) in [5.41, 5.74) is -1.25. The molecule has 0 atom stereocenters. The van der Waals surface area contributed by atoms with Crippen LogP contribution >= 0.6 is 22.9 Å². The number of aromatic nitrogens is 5. The first-order valence-corrected chi connectivity index (χ1v) is 12.0.